The van der Waals surface area contributed by atoms with Crippen molar-refractivity contribution >= 4 is 47.0 Å². The highest BCUT2D eigenvalue weighted by Gasteiger charge is 2.42. The number of amides is 3. The molecule has 2 heterocycles. The maximum atomic E-state index is 12.9. The Bertz CT molecular complexity index is 1120. The van der Waals surface area contributed by atoms with Crippen molar-refractivity contribution in [3.63, 3.8) is 0 Å². The van der Waals surface area contributed by atoms with E-state index in [1.807, 2.05) is 30.5 Å². The molecule has 0 unspecified atom stereocenters. The second-order valence-corrected chi connectivity index (χ2v) is 8.39. The molecule has 2 aromatic rings. The summed E-state index contributed by atoms with van der Waals surface area (Å²) in [5.74, 6) is -0.561. The summed E-state index contributed by atoms with van der Waals surface area (Å²) in [4.78, 5) is 40.4. The number of hydrogen-bond donors (Lipinski definition) is 2. The minimum absolute atomic E-state index is 0.0747. The molecular formula is C22H20ClN3O5S. The average molecular weight is 474 g/mol. The summed E-state index contributed by atoms with van der Waals surface area (Å²) < 4.78 is 10.4. The number of nitrogens with one attached hydrogen (secondary N) is 2. The van der Waals surface area contributed by atoms with Crippen molar-refractivity contribution in [3.8, 4) is 5.75 Å². The number of anilines is 1. The molecule has 0 saturated heterocycles. The van der Waals surface area contributed by atoms with Crippen LogP contribution in [0.4, 0.5) is 10.5 Å². The van der Waals surface area contributed by atoms with E-state index in [0.29, 0.717) is 27.7 Å². The van der Waals surface area contributed by atoms with Gasteiger partial charge in [-0.15, -0.1) is 11.8 Å². The van der Waals surface area contributed by atoms with Gasteiger partial charge in [-0.2, -0.15) is 0 Å². The third-order valence-electron chi connectivity index (χ3n) is 5.18. The summed E-state index contributed by atoms with van der Waals surface area (Å²) in [7, 11) is 1.47. The first-order valence-electron chi connectivity index (χ1n) is 9.66. The zero-order valence-corrected chi connectivity index (χ0v) is 18.9. The maximum absolute atomic E-state index is 12.9. The number of carbonyl (C=O) groups excluding carboxylic acids is 3. The van der Waals surface area contributed by atoms with Crippen LogP contribution in [0.25, 0.3) is 0 Å². The molecule has 166 valence electrons. The summed E-state index contributed by atoms with van der Waals surface area (Å²) in [5, 5.41) is 5.94. The largest absolute Gasteiger partial charge is 0.495 e. The third-order valence-corrected chi connectivity index (χ3v) is 6.16. The smallest absolute Gasteiger partial charge is 0.338 e. The molecule has 2 aliphatic heterocycles. The first-order valence-corrected chi connectivity index (χ1v) is 11.3. The van der Waals surface area contributed by atoms with Crippen LogP contribution in [0.1, 0.15) is 11.6 Å². The number of urea groups is 1. The Morgan fingerprint density at radius 3 is 2.72 bits per heavy atom. The van der Waals surface area contributed by atoms with Gasteiger partial charge in [0.2, 0.25) is 5.91 Å². The van der Waals surface area contributed by atoms with E-state index in [1.165, 1.54) is 12.0 Å². The molecule has 3 amide bonds. The fourth-order valence-electron chi connectivity index (χ4n) is 3.64. The predicted molar refractivity (Wildman–Crippen MR) is 121 cm³/mol. The van der Waals surface area contributed by atoms with Crippen LogP contribution in [0.5, 0.6) is 5.75 Å². The second-order valence-electron chi connectivity index (χ2n) is 7.07. The number of rotatable bonds is 6. The molecule has 32 heavy (non-hydrogen) atoms. The second kappa shape index (κ2) is 9.13. The monoisotopic (exact) mass is 473 g/mol. The Morgan fingerprint density at radius 2 is 2.03 bits per heavy atom. The van der Waals surface area contributed by atoms with Crippen LogP contribution in [0.3, 0.4) is 0 Å². The van der Waals surface area contributed by atoms with Gasteiger partial charge in [0, 0.05) is 9.92 Å². The maximum Gasteiger partial charge on any atom is 0.338 e. The molecule has 0 fully saturated rings. The molecule has 2 N–H and O–H groups in total. The Hall–Kier alpha value is -3.17. The van der Waals surface area contributed by atoms with Crippen LogP contribution in [0, 0.1) is 0 Å². The number of methoxy groups -OCH3 is 1. The SMILES string of the molecule is COc1ccc(Cl)cc1NC(=O)CN1C(=O)N[C@@H](c2ccc(SC)cc2)C2=C1COC2=O. The quantitative estimate of drug-likeness (QED) is 0.491. The molecule has 0 aromatic heterocycles. The van der Waals surface area contributed by atoms with Gasteiger partial charge in [0.15, 0.2) is 0 Å². The van der Waals surface area contributed by atoms with Gasteiger partial charge in [-0.05, 0) is 42.2 Å². The van der Waals surface area contributed by atoms with Gasteiger partial charge in [-0.25, -0.2) is 9.59 Å². The van der Waals surface area contributed by atoms with Crippen molar-refractivity contribution in [2.24, 2.45) is 0 Å². The van der Waals surface area contributed by atoms with Crippen molar-refractivity contribution < 1.29 is 23.9 Å². The van der Waals surface area contributed by atoms with Crippen LogP contribution >= 0.6 is 23.4 Å². The van der Waals surface area contributed by atoms with Gasteiger partial charge >= 0.3 is 12.0 Å². The Kier molecular flexibility index (Phi) is 6.29. The van der Waals surface area contributed by atoms with Gasteiger partial charge in [-0.1, -0.05) is 23.7 Å². The molecule has 0 bridgehead atoms. The van der Waals surface area contributed by atoms with E-state index in [2.05, 4.69) is 10.6 Å². The highest BCUT2D eigenvalue weighted by atomic mass is 35.5. The van der Waals surface area contributed by atoms with Crippen LogP contribution < -0.4 is 15.4 Å². The van der Waals surface area contributed by atoms with Crippen molar-refractivity contribution in [3.05, 3.63) is 64.3 Å². The Morgan fingerprint density at radius 1 is 1.28 bits per heavy atom. The zero-order valence-electron chi connectivity index (χ0n) is 17.3. The molecule has 0 spiro atoms. The molecule has 8 nitrogen and oxygen atoms in total. The first-order chi connectivity index (χ1) is 15.4. The number of halogens is 1. The highest BCUT2D eigenvalue weighted by Crippen LogP contribution is 2.35. The minimum atomic E-state index is -0.643. The molecule has 10 heteroatoms. The molecule has 0 aliphatic carbocycles. The molecular weight excluding hydrogens is 454 g/mol. The van der Waals surface area contributed by atoms with E-state index in [0.717, 1.165) is 10.5 Å². The van der Waals surface area contributed by atoms with Gasteiger partial charge in [0.05, 0.1) is 30.1 Å². The number of cyclic esters (lactones) is 1. The minimum Gasteiger partial charge on any atom is -0.495 e. The highest BCUT2D eigenvalue weighted by molar-refractivity contribution is 7.98. The molecule has 0 saturated carbocycles. The number of benzene rings is 2. The normalized spacial score (nSPS) is 17.6. The molecule has 2 aliphatic rings. The molecule has 1 atom stereocenters. The third kappa shape index (κ3) is 4.26. The number of esters is 1. The van der Waals surface area contributed by atoms with Gasteiger partial charge in [0.25, 0.3) is 0 Å². The Labute approximate surface area is 193 Å². The lowest BCUT2D eigenvalue weighted by molar-refractivity contribution is -0.136. The summed E-state index contributed by atoms with van der Waals surface area (Å²) >= 11 is 7.61. The van der Waals surface area contributed by atoms with Crippen LogP contribution in [-0.4, -0.2) is 49.3 Å². The molecule has 0 radical (unpaired) electrons. The topological polar surface area (TPSA) is 97.0 Å². The van der Waals surface area contributed by atoms with E-state index in [1.54, 1.807) is 30.0 Å². The fraction of sp³-hybridized carbons (Fsp3) is 0.227. The van der Waals surface area contributed by atoms with Crippen molar-refractivity contribution in [2.45, 2.75) is 10.9 Å². The Balaban J connectivity index is 1.58. The zero-order chi connectivity index (χ0) is 22.8. The van der Waals surface area contributed by atoms with Gasteiger partial charge in [-0.3, -0.25) is 9.69 Å². The lowest BCUT2D eigenvalue weighted by Crippen LogP contribution is -2.49. The standard InChI is InChI=1S/C22H20ClN3O5S/c1-30-17-8-5-13(23)9-15(17)24-18(27)10-26-16-11-31-21(28)19(16)20(25-22(26)29)12-3-6-14(32-2)7-4-12/h3-9,20H,10-11H2,1-2H3,(H,24,27)(H,25,29)/t20-/m0/s1. The van der Waals surface area contributed by atoms with Crippen molar-refractivity contribution in [1.29, 1.82) is 0 Å². The van der Waals surface area contributed by atoms with E-state index in [9.17, 15) is 14.4 Å². The van der Waals surface area contributed by atoms with Crippen LogP contribution in [-0.2, 0) is 14.3 Å². The number of nitrogens with zero attached hydrogens (tertiary/aromatic N) is 1. The summed E-state index contributed by atoms with van der Waals surface area (Å²) in [6, 6.07) is 11.2. The lowest BCUT2D eigenvalue weighted by Gasteiger charge is -2.32. The van der Waals surface area contributed by atoms with Crippen molar-refractivity contribution in [1.82, 2.24) is 10.2 Å². The summed E-state index contributed by atoms with van der Waals surface area (Å²) in [5.41, 5.74) is 1.85. The van der Waals surface area contributed by atoms with E-state index in [-0.39, 0.29) is 13.2 Å². The van der Waals surface area contributed by atoms with Gasteiger partial charge < -0.3 is 20.1 Å². The average Bonchev–Trinajstić information content (AvgIpc) is 3.17. The van der Waals surface area contributed by atoms with E-state index < -0.39 is 23.9 Å². The van der Waals surface area contributed by atoms with Crippen LogP contribution in [0.2, 0.25) is 5.02 Å². The summed E-state index contributed by atoms with van der Waals surface area (Å²) in [6.45, 7) is -0.385. The first kappa shape index (κ1) is 22.0. The van der Waals surface area contributed by atoms with Gasteiger partial charge in [0.1, 0.15) is 18.9 Å². The van der Waals surface area contributed by atoms with E-state index >= 15 is 0 Å². The molecule has 4 rings (SSSR count). The predicted octanol–water partition coefficient (Wildman–Crippen LogP) is 3.59. The molecule has 2 aromatic carbocycles. The van der Waals surface area contributed by atoms with Crippen molar-refractivity contribution in [2.75, 3.05) is 31.8 Å². The number of thioether (sulfide) groups is 1. The van der Waals surface area contributed by atoms with E-state index in [4.69, 9.17) is 21.1 Å². The van der Waals surface area contributed by atoms with Crippen LogP contribution in [0.15, 0.2) is 58.6 Å². The lowest BCUT2D eigenvalue weighted by atomic mass is 9.96. The number of carbonyl (C=O) groups is 3. The number of hydrogen-bond acceptors (Lipinski definition) is 6. The number of ether oxygens (including phenoxy) is 2. The summed E-state index contributed by atoms with van der Waals surface area (Å²) in [6.07, 6.45) is 1.97. The fourth-order valence-corrected chi connectivity index (χ4v) is 4.22.